The summed E-state index contributed by atoms with van der Waals surface area (Å²) in [6.45, 7) is 7.90. The smallest absolute Gasteiger partial charge is 0.347 e. The van der Waals surface area contributed by atoms with Crippen molar-refractivity contribution >= 4 is 33.3 Å². The summed E-state index contributed by atoms with van der Waals surface area (Å²) in [7, 11) is 1.88. The molecule has 0 radical (unpaired) electrons. The van der Waals surface area contributed by atoms with Crippen LogP contribution in [0, 0.1) is 0 Å². The zero-order chi connectivity index (χ0) is 23.5. The predicted octanol–water partition coefficient (Wildman–Crippen LogP) is 3.70. The van der Waals surface area contributed by atoms with Crippen molar-refractivity contribution in [1.29, 1.82) is 0 Å². The Morgan fingerprint density at radius 1 is 1.19 bits per heavy atom. The molecule has 3 aromatic heterocycles. The fourth-order valence-corrected chi connectivity index (χ4v) is 4.69. The predicted molar refractivity (Wildman–Crippen MR) is 121 cm³/mol. The van der Waals surface area contributed by atoms with Crippen molar-refractivity contribution < 1.29 is 13.2 Å². The average Bonchev–Trinajstić information content (AvgIpc) is 3.38. The Balaban J connectivity index is 0.00000141. The van der Waals surface area contributed by atoms with Crippen molar-refractivity contribution in [3.8, 4) is 0 Å². The highest BCUT2D eigenvalue weighted by Crippen LogP contribution is 2.35. The van der Waals surface area contributed by atoms with Gasteiger partial charge in [-0.3, -0.25) is 0 Å². The van der Waals surface area contributed by atoms with Crippen molar-refractivity contribution in [2.45, 2.75) is 52.9 Å². The number of hydrogen-bond acceptors (Lipinski definition) is 8. The lowest BCUT2D eigenvalue weighted by atomic mass is 10.2. The van der Waals surface area contributed by atoms with Gasteiger partial charge < -0.3 is 20.1 Å². The second-order valence-electron chi connectivity index (χ2n) is 7.25. The molecule has 0 bridgehead atoms. The molecule has 0 atom stereocenters. The van der Waals surface area contributed by atoms with Crippen LogP contribution in [0.25, 0.3) is 10.2 Å². The topological polar surface area (TPSA) is 89.0 Å². The molecule has 8 nitrogen and oxygen atoms in total. The lowest BCUT2D eigenvalue weighted by Gasteiger charge is -2.30. The molecule has 0 saturated heterocycles. The van der Waals surface area contributed by atoms with Gasteiger partial charge >= 0.3 is 6.18 Å². The van der Waals surface area contributed by atoms with Gasteiger partial charge in [-0.05, 0) is 12.5 Å². The molecule has 4 heterocycles. The van der Waals surface area contributed by atoms with E-state index < -0.39 is 12.0 Å². The Morgan fingerprint density at radius 3 is 2.59 bits per heavy atom. The van der Waals surface area contributed by atoms with Crippen LogP contribution in [0.3, 0.4) is 0 Å². The summed E-state index contributed by atoms with van der Waals surface area (Å²) in [4.78, 5) is 15.4. The van der Waals surface area contributed by atoms with Gasteiger partial charge in [-0.2, -0.15) is 18.2 Å². The van der Waals surface area contributed by atoms with Crippen LogP contribution in [0.2, 0.25) is 0 Å². The number of alkyl halides is 3. The molecule has 3 aromatic rings. The molecule has 12 heteroatoms. The highest BCUT2D eigenvalue weighted by molar-refractivity contribution is 7.18. The number of nitrogens with zero attached hydrogens (tertiary/aromatic N) is 7. The minimum atomic E-state index is -4.52. The number of nitrogens with two attached hydrogens (primary N) is 1. The van der Waals surface area contributed by atoms with Gasteiger partial charge in [0.1, 0.15) is 10.6 Å². The quantitative estimate of drug-likeness (QED) is 0.588. The Morgan fingerprint density at radius 2 is 1.94 bits per heavy atom. The molecule has 0 spiro atoms. The van der Waals surface area contributed by atoms with Crippen molar-refractivity contribution in [2.24, 2.45) is 5.73 Å². The van der Waals surface area contributed by atoms with E-state index in [-0.39, 0.29) is 18.9 Å². The van der Waals surface area contributed by atoms with E-state index in [1.54, 1.807) is 11.3 Å². The summed E-state index contributed by atoms with van der Waals surface area (Å²) in [5.41, 5.74) is 5.68. The lowest BCUT2D eigenvalue weighted by Crippen LogP contribution is -2.36. The van der Waals surface area contributed by atoms with Gasteiger partial charge in [0.05, 0.1) is 11.9 Å². The first-order valence-corrected chi connectivity index (χ1v) is 11.6. The van der Waals surface area contributed by atoms with Crippen LogP contribution in [-0.2, 0) is 25.7 Å². The highest BCUT2D eigenvalue weighted by Gasteiger charge is 2.39. The SMILES string of the molecule is CC.CCCc1cc2c(N3CCn4c(nnc4C(F)(F)F)C3)nc(N(C)CCN)nc2s1. The number of aromatic nitrogens is 5. The van der Waals surface area contributed by atoms with Gasteiger partial charge in [0.25, 0.3) is 0 Å². The summed E-state index contributed by atoms with van der Waals surface area (Å²) in [5.74, 6) is 0.589. The first-order chi connectivity index (χ1) is 15.3. The monoisotopic (exact) mass is 470 g/mol. The third-order valence-electron chi connectivity index (χ3n) is 5.02. The van der Waals surface area contributed by atoms with E-state index >= 15 is 0 Å². The summed E-state index contributed by atoms with van der Waals surface area (Å²) < 4.78 is 40.6. The Kier molecular flexibility index (Phi) is 7.55. The van der Waals surface area contributed by atoms with Gasteiger partial charge in [-0.25, -0.2) is 4.98 Å². The number of rotatable bonds is 6. The van der Waals surface area contributed by atoms with Crippen LogP contribution in [0.5, 0.6) is 0 Å². The van der Waals surface area contributed by atoms with Crippen LogP contribution in [0.1, 0.15) is 43.7 Å². The van der Waals surface area contributed by atoms with E-state index in [2.05, 4.69) is 23.2 Å². The molecule has 0 aromatic carbocycles. The first kappa shape index (κ1) is 24.2. The fourth-order valence-electron chi connectivity index (χ4n) is 3.57. The van der Waals surface area contributed by atoms with E-state index in [1.165, 1.54) is 4.88 Å². The molecule has 0 saturated carbocycles. The molecule has 0 unspecified atom stereocenters. The van der Waals surface area contributed by atoms with Gasteiger partial charge in [0, 0.05) is 38.1 Å². The molecule has 0 amide bonds. The molecular weight excluding hydrogens is 441 g/mol. The van der Waals surface area contributed by atoms with Crippen molar-refractivity contribution in [3.63, 3.8) is 0 Å². The van der Waals surface area contributed by atoms with Crippen molar-refractivity contribution in [3.05, 3.63) is 22.6 Å². The van der Waals surface area contributed by atoms with E-state index in [0.717, 1.165) is 27.6 Å². The summed E-state index contributed by atoms with van der Waals surface area (Å²) in [6.07, 6.45) is -2.56. The molecular formula is C20H29F3N8S. The number of hydrogen-bond donors (Lipinski definition) is 1. The number of fused-ring (bicyclic) bond motifs is 2. The molecule has 1 aliphatic heterocycles. The summed E-state index contributed by atoms with van der Waals surface area (Å²) in [5, 5.41) is 8.06. The van der Waals surface area contributed by atoms with Crippen molar-refractivity contribution in [1.82, 2.24) is 24.7 Å². The van der Waals surface area contributed by atoms with Crippen LogP contribution in [-0.4, -0.2) is 51.4 Å². The fraction of sp³-hybridized carbons (Fsp3) is 0.600. The zero-order valence-electron chi connectivity index (χ0n) is 18.8. The van der Waals surface area contributed by atoms with E-state index in [4.69, 9.17) is 15.7 Å². The van der Waals surface area contributed by atoms with Gasteiger partial charge in [-0.15, -0.1) is 21.5 Å². The Bertz CT molecular complexity index is 1050. The van der Waals surface area contributed by atoms with Crippen LogP contribution in [0.4, 0.5) is 24.9 Å². The minimum absolute atomic E-state index is 0.141. The van der Waals surface area contributed by atoms with Crippen molar-refractivity contribution in [2.75, 3.05) is 36.5 Å². The number of aryl methyl sites for hydroxylation is 1. The maximum Gasteiger partial charge on any atom is 0.451 e. The van der Waals surface area contributed by atoms with E-state index in [9.17, 15) is 13.2 Å². The molecule has 4 rings (SSSR count). The molecule has 176 valence electrons. The highest BCUT2D eigenvalue weighted by atomic mass is 32.1. The number of thiophene rings is 1. The third-order valence-corrected chi connectivity index (χ3v) is 6.11. The zero-order valence-corrected chi connectivity index (χ0v) is 19.6. The maximum absolute atomic E-state index is 13.2. The molecule has 0 fully saturated rings. The third kappa shape index (κ3) is 4.80. The summed E-state index contributed by atoms with van der Waals surface area (Å²) >= 11 is 1.63. The van der Waals surface area contributed by atoms with Gasteiger partial charge in [0.2, 0.25) is 11.8 Å². The lowest BCUT2D eigenvalue weighted by molar-refractivity contribution is -0.147. The number of anilines is 2. The molecule has 2 N–H and O–H groups in total. The normalized spacial score (nSPS) is 13.7. The summed E-state index contributed by atoms with van der Waals surface area (Å²) in [6, 6.07) is 2.09. The molecule has 32 heavy (non-hydrogen) atoms. The second kappa shape index (κ2) is 9.99. The second-order valence-corrected chi connectivity index (χ2v) is 8.36. The van der Waals surface area contributed by atoms with Crippen LogP contribution >= 0.6 is 11.3 Å². The standard InChI is InChI=1S/C18H23F3N8S.C2H6/c1-3-4-11-9-12-14(23-17(24-15(12)30-11)27(2)6-5-22)28-7-8-29-13(10-28)25-26-16(29)18(19,20)21;1-2/h9H,3-8,10,22H2,1-2H3;1-2H3. The van der Waals surface area contributed by atoms with E-state index in [1.807, 2.05) is 30.7 Å². The number of halogens is 3. The van der Waals surface area contributed by atoms with Gasteiger partial charge in [-0.1, -0.05) is 27.2 Å². The average molecular weight is 471 g/mol. The largest absolute Gasteiger partial charge is 0.451 e. The minimum Gasteiger partial charge on any atom is -0.347 e. The van der Waals surface area contributed by atoms with Gasteiger partial charge in [0.15, 0.2) is 5.82 Å². The Hall–Kier alpha value is -2.47. The van der Waals surface area contributed by atoms with Crippen LogP contribution < -0.4 is 15.5 Å². The molecule has 0 aliphatic carbocycles. The maximum atomic E-state index is 13.2. The van der Waals surface area contributed by atoms with E-state index in [0.29, 0.717) is 31.4 Å². The molecule has 1 aliphatic rings. The Labute approximate surface area is 189 Å². The number of likely N-dealkylation sites (N-methyl/N-ethyl adjacent to an activating group) is 1. The van der Waals surface area contributed by atoms with Crippen LogP contribution in [0.15, 0.2) is 6.07 Å². The first-order valence-electron chi connectivity index (χ1n) is 10.8.